The second kappa shape index (κ2) is 12.0. The molecule has 1 heterocycles. The van der Waals surface area contributed by atoms with Crippen LogP contribution in [0.15, 0.2) is 53.6 Å². The number of aryl methyl sites for hydroxylation is 2. The van der Waals surface area contributed by atoms with Crippen molar-refractivity contribution < 1.29 is 19.4 Å². The van der Waals surface area contributed by atoms with Crippen LogP contribution in [-0.2, 0) is 18.2 Å². The predicted molar refractivity (Wildman–Crippen MR) is 136 cm³/mol. The molecule has 8 nitrogen and oxygen atoms in total. The first-order chi connectivity index (χ1) is 16.8. The minimum absolute atomic E-state index is 0.00104. The number of methoxy groups -OCH3 is 1. The van der Waals surface area contributed by atoms with Gasteiger partial charge in [-0.05, 0) is 49.6 Å². The second-order valence-corrected chi connectivity index (χ2v) is 8.38. The van der Waals surface area contributed by atoms with Crippen molar-refractivity contribution in [3.05, 3.63) is 70.9 Å². The molecule has 2 N–H and O–H groups in total. The number of carbonyl (C=O) groups excluding carboxylic acids is 2. The van der Waals surface area contributed by atoms with E-state index >= 15 is 0 Å². The van der Waals surface area contributed by atoms with E-state index in [0.29, 0.717) is 22.5 Å². The average molecular weight is 477 g/mol. The lowest BCUT2D eigenvalue weighted by atomic mass is 10.0. The number of nitrogens with one attached hydrogen (secondary N) is 1. The summed E-state index contributed by atoms with van der Waals surface area (Å²) in [4.78, 5) is 24.0. The summed E-state index contributed by atoms with van der Waals surface area (Å²) >= 11 is 0. The molecule has 0 saturated carbocycles. The molecule has 0 spiro atoms. The Labute approximate surface area is 205 Å². The fourth-order valence-corrected chi connectivity index (χ4v) is 3.79. The zero-order chi connectivity index (χ0) is 25.4. The molecular formula is C27H32N4O4. The van der Waals surface area contributed by atoms with Gasteiger partial charge in [0.25, 0.3) is 5.91 Å². The van der Waals surface area contributed by atoms with Crippen LogP contribution in [0.2, 0.25) is 0 Å². The summed E-state index contributed by atoms with van der Waals surface area (Å²) in [6.45, 7) is 3.86. The molecule has 2 aromatic carbocycles. The number of esters is 1. The predicted octanol–water partition coefficient (Wildman–Crippen LogP) is 4.86. The number of carbonyl (C=O) groups is 2. The van der Waals surface area contributed by atoms with E-state index in [1.54, 1.807) is 18.7 Å². The number of amides is 1. The number of nitrogens with zero attached hydrogens (tertiary/aromatic N) is 3. The number of aromatic nitrogens is 2. The molecule has 8 heteroatoms. The second-order valence-electron chi connectivity index (χ2n) is 8.38. The zero-order valence-electron chi connectivity index (χ0n) is 20.7. The largest absolute Gasteiger partial charge is 0.504 e. The van der Waals surface area contributed by atoms with Crippen molar-refractivity contribution in [3.8, 4) is 17.0 Å². The SMILES string of the molecule is CCCCCCc1ccc(-c2c(O)c(/C(C)=N\NC(=O)c3ccc(C(=O)OC)cc3)nn2C)cc1. The zero-order valence-corrected chi connectivity index (χ0v) is 20.7. The Bertz CT molecular complexity index is 1200. The Morgan fingerprint density at radius 3 is 2.31 bits per heavy atom. The summed E-state index contributed by atoms with van der Waals surface area (Å²) in [5.41, 5.74) is 6.48. The minimum Gasteiger partial charge on any atom is -0.504 e. The van der Waals surface area contributed by atoms with Gasteiger partial charge in [0, 0.05) is 18.2 Å². The van der Waals surface area contributed by atoms with Crippen LogP contribution in [0.25, 0.3) is 11.3 Å². The van der Waals surface area contributed by atoms with E-state index in [4.69, 9.17) is 0 Å². The quantitative estimate of drug-likeness (QED) is 0.188. The van der Waals surface area contributed by atoms with Crippen molar-refractivity contribution in [3.63, 3.8) is 0 Å². The standard InChI is InChI=1S/C27H32N4O4/c1-5-6-7-8-9-19-10-12-20(13-11-19)24-25(32)23(30-31(24)3)18(2)28-29-26(33)21-14-16-22(17-15-21)27(34)35-4/h10-17,32H,5-9H2,1-4H3,(H,29,33)/b28-18-. The fourth-order valence-electron chi connectivity index (χ4n) is 3.79. The van der Waals surface area contributed by atoms with E-state index in [1.165, 1.54) is 62.6 Å². The monoisotopic (exact) mass is 476 g/mol. The molecule has 0 radical (unpaired) electrons. The van der Waals surface area contributed by atoms with Gasteiger partial charge in [0.05, 0.1) is 18.4 Å². The highest BCUT2D eigenvalue weighted by Crippen LogP contribution is 2.32. The number of unbranched alkanes of at least 4 members (excludes halogenated alkanes) is 3. The van der Waals surface area contributed by atoms with Crippen molar-refractivity contribution in [1.82, 2.24) is 15.2 Å². The molecule has 0 aliphatic heterocycles. The van der Waals surface area contributed by atoms with Crippen LogP contribution in [0.5, 0.6) is 5.75 Å². The Morgan fingerprint density at radius 2 is 1.69 bits per heavy atom. The van der Waals surface area contributed by atoms with Crippen LogP contribution in [0.4, 0.5) is 0 Å². The Morgan fingerprint density at radius 1 is 1.03 bits per heavy atom. The number of hydrogen-bond donors (Lipinski definition) is 2. The fraction of sp³-hybridized carbons (Fsp3) is 0.333. The van der Waals surface area contributed by atoms with Crippen LogP contribution in [0.3, 0.4) is 0 Å². The molecule has 3 aromatic rings. The summed E-state index contributed by atoms with van der Waals surface area (Å²) in [7, 11) is 3.05. The molecule has 0 atom stereocenters. The van der Waals surface area contributed by atoms with Crippen LogP contribution < -0.4 is 5.43 Å². The number of rotatable bonds is 10. The van der Waals surface area contributed by atoms with Crippen molar-refractivity contribution in [2.75, 3.05) is 7.11 Å². The summed E-state index contributed by atoms with van der Waals surface area (Å²) in [5, 5.41) is 19.4. The lowest BCUT2D eigenvalue weighted by Gasteiger charge is -2.06. The first-order valence-corrected chi connectivity index (χ1v) is 11.7. The molecule has 0 bridgehead atoms. The van der Waals surface area contributed by atoms with E-state index in [0.717, 1.165) is 12.0 Å². The third-order valence-electron chi connectivity index (χ3n) is 5.80. The van der Waals surface area contributed by atoms with Gasteiger partial charge in [-0.1, -0.05) is 50.5 Å². The van der Waals surface area contributed by atoms with Gasteiger partial charge >= 0.3 is 5.97 Å². The average Bonchev–Trinajstić information content (AvgIpc) is 3.18. The van der Waals surface area contributed by atoms with E-state index in [1.807, 2.05) is 12.1 Å². The number of hydrazone groups is 1. The molecule has 0 aliphatic rings. The molecule has 0 aliphatic carbocycles. The molecule has 0 fully saturated rings. The Kier molecular flexibility index (Phi) is 8.78. The lowest BCUT2D eigenvalue weighted by Crippen LogP contribution is -2.19. The number of hydrogen-bond acceptors (Lipinski definition) is 6. The molecule has 35 heavy (non-hydrogen) atoms. The molecular weight excluding hydrogens is 444 g/mol. The van der Waals surface area contributed by atoms with Gasteiger partial charge in [-0.25, -0.2) is 10.2 Å². The molecule has 3 rings (SSSR count). The summed E-state index contributed by atoms with van der Waals surface area (Å²) in [6, 6.07) is 14.2. The van der Waals surface area contributed by atoms with E-state index in [9.17, 15) is 14.7 Å². The van der Waals surface area contributed by atoms with Gasteiger partial charge in [-0.2, -0.15) is 10.2 Å². The highest BCUT2D eigenvalue weighted by molar-refractivity contribution is 6.02. The van der Waals surface area contributed by atoms with Crippen LogP contribution >= 0.6 is 0 Å². The first kappa shape index (κ1) is 25.7. The lowest BCUT2D eigenvalue weighted by molar-refractivity contribution is 0.0600. The van der Waals surface area contributed by atoms with Gasteiger partial charge in [-0.3, -0.25) is 9.48 Å². The molecule has 184 valence electrons. The van der Waals surface area contributed by atoms with Gasteiger partial charge < -0.3 is 9.84 Å². The minimum atomic E-state index is -0.478. The highest BCUT2D eigenvalue weighted by Gasteiger charge is 2.19. The van der Waals surface area contributed by atoms with Crippen molar-refractivity contribution in [1.29, 1.82) is 0 Å². The smallest absolute Gasteiger partial charge is 0.337 e. The van der Waals surface area contributed by atoms with E-state index in [-0.39, 0.29) is 11.4 Å². The summed E-state index contributed by atoms with van der Waals surface area (Å²) in [5.74, 6) is -0.930. The highest BCUT2D eigenvalue weighted by atomic mass is 16.5. The van der Waals surface area contributed by atoms with Crippen LogP contribution in [0.1, 0.15) is 71.5 Å². The third kappa shape index (κ3) is 6.35. The van der Waals surface area contributed by atoms with Gasteiger partial charge in [0.15, 0.2) is 11.4 Å². The maximum atomic E-state index is 12.4. The number of aromatic hydroxyl groups is 1. The van der Waals surface area contributed by atoms with Gasteiger partial charge in [0.1, 0.15) is 5.69 Å². The van der Waals surface area contributed by atoms with Crippen molar-refractivity contribution >= 4 is 17.6 Å². The van der Waals surface area contributed by atoms with Crippen LogP contribution in [-0.4, -0.2) is 39.6 Å². The van der Waals surface area contributed by atoms with Crippen molar-refractivity contribution in [2.24, 2.45) is 12.1 Å². The first-order valence-electron chi connectivity index (χ1n) is 11.7. The molecule has 0 saturated heterocycles. The third-order valence-corrected chi connectivity index (χ3v) is 5.80. The number of ether oxygens (including phenoxy) is 1. The van der Waals surface area contributed by atoms with Crippen LogP contribution in [0, 0.1) is 0 Å². The van der Waals surface area contributed by atoms with E-state index < -0.39 is 11.9 Å². The van der Waals surface area contributed by atoms with Gasteiger partial charge in [0.2, 0.25) is 0 Å². The summed E-state index contributed by atoms with van der Waals surface area (Å²) in [6.07, 6.45) is 5.92. The van der Waals surface area contributed by atoms with E-state index in [2.05, 4.69) is 39.4 Å². The molecule has 1 aromatic heterocycles. The maximum Gasteiger partial charge on any atom is 0.337 e. The molecule has 0 unspecified atom stereocenters. The summed E-state index contributed by atoms with van der Waals surface area (Å²) < 4.78 is 6.26. The topological polar surface area (TPSA) is 106 Å². The van der Waals surface area contributed by atoms with Crippen molar-refractivity contribution in [2.45, 2.75) is 46.0 Å². The Balaban J connectivity index is 1.70. The Hall–Kier alpha value is -3.94. The van der Waals surface area contributed by atoms with Gasteiger partial charge in [-0.15, -0.1) is 0 Å². The number of benzene rings is 2. The normalized spacial score (nSPS) is 11.4. The molecule has 1 amide bonds. The maximum absolute atomic E-state index is 12.4.